The Morgan fingerprint density at radius 3 is 2.43 bits per heavy atom. The molecule has 3 aromatic rings. The molecule has 0 radical (unpaired) electrons. The summed E-state index contributed by atoms with van der Waals surface area (Å²) in [5.41, 5.74) is 1.71. The molecular formula is C21H20ClN3O3S2. The van der Waals surface area contributed by atoms with E-state index in [4.69, 9.17) is 11.6 Å². The highest BCUT2D eigenvalue weighted by molar-refractivity contribution is 7.92. The summed E-state index contributed by atoms with van der Waals surface area (Å²) in [4.78, 5) is 15.4. The van der Waals surface area contributed by atoms with Crippen LogP contribution in [0, 0.1) is 0 Å². The predicted octanol–water partition coefficient (Wildman–Crippen LogP) is 5.05. The third-order valence-corrected chi connectivity index (χ3v) is 7.31. The Balaban J connectivity index is 1.66. The van der Waals surface area contributed by atoms with Crippen LogP contribution in [0.3, 0.4) is 0 Å². The van der Waals surface area contributed by atoms with E-state index in [0.29, 0.717) is 21.3 Å². The van der Waals surface area contributed by atoms with Gasteiger partial charge in [0, 0.05) is 23.8 Å². The third-order valence-electron chi connectivity index (χ3n) is 4.81. The van der Waals surface area contributed by atoms with Crippen LogP contribution in [-0.2, 0) is 10.0 Å². The second-order valence-electron chi connectivity index (χ2n) is 6.92. The quantitative estimate of drug-likeness (QED) is 0.538. The van der Waals surface area contributed by atoms with E-state index in [0.717, 1.165) is 31.6 Å². The number of amides is 1. The Morgan fingerprint density at radius 1 is 1.03 bits per heavy atom. The lowest BCUT2D eigenvalue weighted by atomic mass is 10.2. The lowest BCUT2D eigenvalue weighted by Gasteiger charge is -2.22. The van der Waals surface area contributed by atoms with Gasteiger partial charge in [0.25, 0.3) is 15.9 Å². The predicted molar refractivity (Wildman–Crippen MR) is 122 cm³/mol. The number of thiophene rings is 1. The molecule has 9 heteroatoms. The van der Waals surface area contributed by atoms with Crippen molar-refractivity contribution in [2.45, 2.75) is 17.7 Å². The van der Waals surface area contributed by atoms with Crippen LogP contribution in [0.15, 0.2) is 64.9 Å². The second kappa shape index (κ2) is 8.67. The number of rotatable bonds is 6. The van der Waals surface area contributed by atoms with Crippen molar-refractivity contribution in [1.82, 2.24) is 0 Å². The molecule has 2 N–H and O–H groups in total. The fourth-order valence-electron chi connectivity index (χ4n) is 3.34. The number of halogens is 1. The van der Waals surface area contributed by atoms with Crippen molar-refractivity contribution >= 4 is 55.9 Å². The molecule has 1 fully saturated rings. The van der Waals surface area contributed by atoms with Crippen LogP contribution in [0.2, 0.25) is 5.02 Å². The van der Waals surface area contributed by atoms with E-state index in [2.05, 4.69) is 14.9 Å². The number of hydrogen-bond acceptors (Lipinski definition) is 5. The molecule has 1 aliphatic heterocycles. The molecule has 2 heterocycles. The first kappa shape index (κ1) is 20.7. The van der Waals surface area contributed by atoms with E-state index in [1.54, 1.807) is 48.5 Å². The minimum absolute atomic E-state index is 0.0712. The number of carbonyl (C=O) groups is 1. The molecule has 1 saturated heterocycles. The van der Waals surface area contributed by atoms with Crippen LogP contribution < -0.4 is 14.9 Å². The Hall–Kier alpha value is -2.55. The molecule has 156 valence electrons. The van der Waals surface area contributed by atoms with E-state index in [1.165, 1.54) is 17.4 Å². The summed E-state index contributed by atoms with van der Waals surface area (Å²) in [6, 6.07) is 14.8. The number of sulfonamides is 1. The normalized spacial score (nSPS) is 14.0. The molecule has 30 heavy (non-hydrogen) atoms. The lowest BCUT2D eigenvalue weighted by molar-refractivity contribution is 0.103. The van der Waals surface area contributed by atoms with Gasteiger partial charge in [0.2, 0.25) is 0 Å². The van der Waals surface area contributed by atoms with E-state index in [-0.39, 0.29) is 10.8 Å². The van der Waals surface area contributed by atoms with Crippen molar-refractivity contribution in [2.75, 3.05) is 28.0 Å². The minimum Gasteiger partial charge on any atom is -0.370 e. The molecule has 0 saturated carbocycles. The standard InChI is InChI=1S/C21H20ClN3O3S2/c22-15-5-7-16(8-6-15)24-30(27,28)17-9-10-19(25-11-1-2-12-25)18(14-17)23-21(26)20-4-3-13-29-20/h3-10,13-14,24H,1-2,11-12H2,(H,23,26). The fourth-order valence-corrected chi connectivity index (χ4v) is 5.17. The minimum atomic E-state index is -3.84. The van der Waals surface area contributed by atoms with Gasteiger partial charge in [0.05, 0.1) is 21.1 Å². The molecule has 0 aliphatic carbocycles. The van der Waals surface area contributed by atoms with Gasteiger partial charge in [-0.3, -0.25) is 9.52 Å². The number of nitrogens with one attached hydrogen (secondary N) is 2. The molecule has 0 unspecified atom stereocenters. The first-order valence-corrected chi connectivity index (χ1v) is 12.2. The van der Waals surface area contributed by atoms with E-state index >= 15 is 0 Å². The maximum atomic E-state index is 12.9. The summed E-state index contributed by atoms with van der Waals surface area (Å²) in [5.74, 6) is -0.259. The Morgan fingerprint density at radius 2 is 1.77 bits per heavy atom. The van der Waals surface area contributed by atoms with Crippen LogP contribution in [0.1, 0.15) is 22.5 Å². The molecule has 1 aromatic heterocycles. The van der Waals surface area contributed by atoms with Gasteiger partial charge in [0.1, 0.15) is 0 Å². The molecule has 0 atom stereocenters. The van der Waals surface area contributed by atoms with Crippen molar-refractivity contribution in [1.29, 1.82) is 0 Å². The average Bonchev–Trinajstić information content (AvgIpc) is 3.44. The number of carbonyl (C=O) groups excluding carboxylic acids is 1. The van der Waals surface area contributed by atoms with Crippen LogP contribution in [0.5, 0.6) is 0 Å². The fraction of sp³-hybridized carbons (Fsp3) is 0.190. The zero-order valence-electron chi connectivity index (χ0n) is 16.0. The molecule has 0 spiro atoms. The van der Waals surface area contributed by atoms with Crippen LogP contribution in [0.4, 0.5) is 17.1 Å². The maximum Gasteiger partial charge on any atom is 0.265 e. The second-order valence-corrected chi connectivity index (χ2v) is 9.98. The van der Waals surface area contributed by atoms with Crippen LogP contribution in [-0.4, -0.2) is 27.4 Å². The van der Waals surface area contributed by atoms with E-state index in [9.17, 15) is 13.2 Å². The smallest absolute Gasteiger partial charge is 0.265 e. The highest BCUT2D eigenvalue weighted by atomic mass is 35.5. The van der Waals surface area contributed by atoms with E-state index < -0.39 is 10.0 Å². The molecule has 0 bridgehead atoms. The van der Waals surface area contributed by atoms with Gasteiger partial charge < -0.3 is 10.2 Å². The van der Waals surface area contributed by atoms with Gasteiger partial charge >= 0.3 is 0 Å². The summed E-state index contributed by atoms with van der Waals surface area (Å²) in [5, 5.41) is 5.24. The van der Waals surface area contributed by atoms with E-state index in [1.807, 2.05) is 5.38 Å². The third kappa shape index (κ3) is 4.61. The molecule has 2 aromatic carbocycles. The zero-order chi connectivity index (χ0) is 21.1. The number of nitrogens with zero attached hydrogens (tertiary/aromatic N) is 1. The highest BCUT2D eigenvalue weighted by Gasteiger charge is 2.22. The summed E-state index contributed by atoms with van der Waals surface area (Å²) in [6.07, 6.45) is 2.13. The average molecular weight is 462 g/mol. The Labute approximate surface area is 184 Å². The van der Waals surface area contributed by atoms with Gasteiger partial charge in [-0.2, -0.15) is 0 Å². The van der Waals surface area contributed by atoms with Crippen molar-refractivity contribution in [3.8, 4) is 0 Å². The lowest BCUT2D eigenvalue weighted by Crippen LogP contribution is -2.22. The highest BCUT2D eigenvalue weighted by Crippen LogP contribution is 2.32. The molecule has 1 amide bonds. The summed E-state index contributed by atoms with van der Waals surface area (Å²) in [6.45, 7) is 1.74. The largest absolute Gasteiger partial charge is 0.370 e. The van der Waals surface area contributed by atoms with Gasteiger partial charge in [-0.25, -0.2) is 8.42 Å². The summed E-state index contributed by atoms with van der Waals surface area (Å²) >= 11 is 7.20. The topological polar surface area (TPSA) is 78.5 Å². The monoisotopic (exact) mass is 461 g/mol. The SMILES string of the molecule is O=C(Nc1cc(S(=O)(=O)Nc2ccc(Cl)cc2)ccc1N1CCCC1)c1cccs1. The van der Waals surface area contributed by atoms with Gasteiger partial charge in [-0.1, -0.05) is 17.7 Å². The van der Waals surface area contributed by atoms with Crippen molar-refractivity contribution in [2.24, 2.45) is 0 Å². The van der Waals surface area contributed by atoms with Crippen LogP contribution >= 0.6 is 22.9 Å². The summed E-state index contributed by atoms with van der Waals surface area (Å²) < 4.78 is 28.4. The number of hydrogen-bond donors (Lipinski definition) is 2. The Bertz CT molecular complexity index is 1140. The zero-order valence-corrected chi connectivity index (χ0v) is 18.4. The first-order chi connectivity index (χ1) is 14.4. The molecule has 6 nitrogen and oxygen atoms in total. The summed E-state index contributed by atoms with van der Waals surface area (Å²) in [7, 11) is -3.84. The number of anilines is 3. The van der Waals surface area contributed by atoms with Crippen LogP contribution in [0.25, 0.3) is 0 Å². The van der Waals surface area contributed by atoms with Crippen molar-refractivity contribution in [3.05, 3.63) is 69.9 Å². The first-order valence-electron chi connectivity index (χ1n) is 9.45. The maximum absolute atomic E-state index is 12.9. The van der Waals surface area contributed by atoms with Gasteiger partial charge in [-0.05, 0) is 66.8 Å². The van der Waals surface area contributed by atoms with Gasteiger partial charge in [0.15, 0.2) is 0 Å². The molecule has 4 rings (SSSR count). The molecular weight excluding hydrogens is 442 g/mol. The molecule has 1 aliphatic rings. The van der Waals surface area contributed by atoms with Crippen molar-refractivity contribution in [3.63, 3.8) is 0 Å². The number of benzene rings is 2. The Kier molecular flexibility index (Phi) is 5.99. The van der Waals surface area contributed by atoms with Crippen molar-refractivity contribution < 1.29 is 13.2 Å². The van der Waals surface area contributed by atoms with Gasteiger partial charge in [-0.15, -0.1) is 11.3 Å².